The molecule has 0 radical (unpaired) electrons. The molecule has 22 heavy (non-hydrogen) atoms. The largest absolute Gasteiger partial charge is 0.395 e. The van der Waals surface area contributed by atoms with E-state index in [-0.39, 0.29) is 18.7 Å². The van der Waals surface area contributed by atoms with E-state index in [1.54, 1.807) is 4.90 Å². The highest BCUT2D eigenvalue weighted by Crippen LogP contribution is 2.20. The van der Waals surface area contributed by atoms with Gasteiger partial charge in [0.05, 0.1) is 12.7 Å². The topological polar surface area (TPSA) is 43.7 Å². The molecule has 5 heteroatoms. The summed E-state index contributed by atoms with van der Waals surface area (Å²) in [6, 6.07) is 12.6. The molecule has 1 atom stereocenters. The molecule has 2 rings (SSSR count). The second-order valence-electron chi connectivity index (χ2n) is 5.13. The molecular weight excluding hydrogens is 288 g/mol. The zero-order valence-corrected chi connectivity index (χ0v) is 12.1. The molecule has 0 aliphatic rings. The van der Waals surface area contributed by atoms with Crippen LogP contribution in [0.25, 0.3) is 0 Å². The highest BCUT2D eigenvalue weighted by Gasteiger charge is 2.17. The fourth-order valence-electron chi connectivity index (χ4n) is 2.33. The van der Waals surface area contributed by atoms with Gasteiger partial charge in [-0.05, 0) is 23.8 Å². The number of hydrogen-bond acceptors (Lipinski definition) is 3. The second kappa shape index (κ2) is 7.98. The summed E-state index contributed by atoms with van der Waals surface area (Å²) in [6.45, 7) is 0.874. The minimum atomic E-state index is -1.16. The van der Waals surface area contributed by atoms with Gasteiger partial charge in [0, 0.05) is 25.2 Å². The molecule has 0 aliphatic carbocycles. The fraction of sp³-hybridized carbons (Fsp3) is 0.294. The van der Waals surface area contributed by atoms with Crippen LogP contribution in [0.1, 0.15) is 17.2 Å². The van der Waals surface area contributed by atoms with Crippen molar-refractivity contribution in [2.75, 3.05) is 19.7 Å². The van der Waals surface area contributed by atoms with Gasteiger partial charge in [-0.1, -0.05) is 30.3 Å². The van der Waals surface area contributed by atoms with Crippen LogP contribution < -0.4 is 0 Å². The molecular formula is C17H19F2NO2. The summed E-state index contributed by atoms with van der Waals surface area (Å²) in [5.41, 5.74) is 0.943. The number of benzene rings is 2. The minimum absolute atomic E-state index is 0.0731. The monoisotopic (exact) mass is 307 g/mol. The van der Waals surface area contributed by atoms with Crippen LogP contribution in [0.15, 0.2) is 48.5 Å². The first-order chi connectivity index (χ1) is 10.6. The van der Waals surface area contributed by atoms with Gasteiger partial charge in [0.1, 0.15) is 11.6 Å². The van der Waals surface area contributed by atoms with Gasteiger partial charge in [-0.2, -0.15) is 0 Å². The summed E-state index contributed by atoms with van der Waals surface area (Å²) in [5.74, 6) is -1.23. The fourth-order valence-corrected chi connectivity index (χ4v) is 2.33. The highest BCUT2D eigenvalue weighted by atomic mass is 19.1. The van der Waals surface area contributed by atoms with Gasteiger partial charge in [0.2, 0.25) is 0 Å². The van der Waals surface area contributed by atoms with Gasteiger partial charge in [-0.15, -0.1) is 0 Å². The van der Waals surface area contributed by atoms with Crippen LogP contribution in [-0.4, -0.2) is 34.8 Å². The van der Waals surface area contributed by atoms with Crippen LogP contribution in [0.3, 0.4) is 0 Å². The number of aliphatic hydroxyl groups is 2. The number of halogens is 2. The van der Waals surface area contributed by atoms with E-state index in [4.69, 9.17) is 5.11 Å². The van der Waals surface area contributed by atoms with E-state index >= 15 is 0 Å². The van der Waals surface area contributed by atoms with Gasteiger partial charge >= 0.3 is 0 Å². The summed E-state index contributed by atoms with van der Waals surface area (Å²) in [6.07, 6.45) is -1.16. The third-order valence-corrected chi connectivity index (χ3v) is 3.41. The summed E-state index contributed by atoms with van der Waals surface area (Å²) in [7, 11) is 0. The van der Waals surface area contributed by atoms with E-state index in [9.17, 15) is 13.9 Å². The maximum Gasteiger partial charge on any atom is 0.129 e. The number of hydrogen-bond donors (Lipinski definition) is 2. The Kier molecular flexibility index (Phi) is 6.00. The first kappa shape index (κ1) is 16.5. The Morgan fingerprint density at radius 1 is 1.05 bits per heavy atom. The average molecular weight is 307 g/mol. The Hall–Kier alpha value is -1.82. The Balaban J connectivity index is 2.08. The lowest BCUT2D eigenvalue weighted by molar-refractivity contribution is 0.0930. The number of rotatable bonds is 7. The van der Waals surface area contributed by atoms with Crippen LogP contribution in [0.5, 0.6) is 0 Å². The standard InChI is InChI=1S/C17H19F2NO2/c18-14-6-7-16(19)15(10-14)17(22)12-20(8-9-21)11-13-4-2-1-3-5-13/h1-7,10,17,21-22H,8-9,11-12H2/t17-/m0/s1. The normalized spacial score (nSPS) is 12.6. The third-order valence-electron chi connectivity index (χ3n) is 3.41. The molecule has 0 heterocycles. The maximum absolute atomic E-state index is 13.7. The van der Waals surface area contributed by atoms with Crippen molar-refractivity contribution >= 4 is 0 Å². The van der Waals surface area contributed by atoms with E-state index < -0.39 is 17.7 Å². The summed E-state index contributed by atoms with van der Waals surface area (Å²) in [5, 5.41) is 19.3. The lowest BCUT2D eigenvalue weighted by Crippen LogP contribution is -2.31. The van der Waals surface area contributed by atoms with Gasteiger partial charge in [-0.25, -0.2) is 8.78 Å². The van der Waals surface area contributed by atoms with E-state index in [0.717, 1.165) is 23.8 Å². The third kappa shape index (κ3) is 4.59. The van der Waals surface area contributed by atoms with E-state index in [1.165, 1.54) is 0 Å². The average Bonchev–Trinajstić information content (AvgIpc) is 2.51. The minimum Gasteiger partial charge on any atom is -0.395 e. The van der Waals surface area contributed by atoms with Crippen LogP contribution in [0.4, 0.5) is 8.78 Å². The summed E-state index contributed by atoms with van der Waals surface area (Å²) >= 11 is 0. The van der Waals surface area contributed by atoms with E-state index in [1.807, 2.05) is 30.3 Å². The molecule has 0 aliphatic heterocycles. The van der Waals surface area contributed by atoms with Crippen molar-refractivity contribution in [2.24, 2.45) is 0 Å². The Morgan fingerprint density at radius 3 is 2.45 bits per heavy atom. The second-order valence-corrected chi connectivity index (χ2v) is 5.13. The Labute approximate surface area is 128 Å². The van der Waals surface area contributed by atoms with Crippen LogP contribution >= 0.6 is 0 Å². The molecule has 0 bridgehead atoms. The van der Waals surface area contributed by atoms with Crippen molar-refractivity contribution in [3.8, 4) is 0 Å². The molecule has 0 saturated heterocycles. The van der Waals surface area contributed by atoms with Crippen molar-refractivity contribution in [1.29, 1.82) is 0 Å². The zero-order valence-electron chi connectivity index (χ0n) is 12.1. The molecule has 0 amide bonds. The van der Waals surface area contributed by atoms with Crippen LogP contribution in [-0.2, 0) is 6.54 Å². The van der Waals surface area contributed by atoms with Crippen molar-refractivity contribution in [3.05, 3.63) is 71.3 Å². The predicted molar refractivity (Wildman–Crippen MR) is 80.1 cm³/mol. The van der Waals surface area contributed by atoms with Gasteiger partial charge < -0.3 is 10.2 Å². The Bertz CT molecular complexity index is 592. The first-order valence-corrected chi connectivity index (χ1v) is 7.10. The molecule has 2 N–H and O–H groups in total. The zero-order chi connectivity index (χ0) is 15.9. The van der Waals surface area contributed by atoms with E-state index in [2.05, 4.69) is 0 Å². The molecule has 0 aromatic heterocycles. The lowest BCUT2D eigenvalue weighted by Gasteiger charge is -2.24. The Morgan fingerprint density at radius 2 is 1.77 bits per heavy atom. The summed E-state index contributed by atoms with van der Waals surface area (Å²) < 4.78 is 26.9. The summed E-state index contributed by atoms with van der Waals surface area (Å²) in [4.78, 5) is 1.80. The van der Waals surface area contributed by atoms with Crippen molar-refractivity contribution < 1.29 is 19.0 Å². The predicted octanol–water partition coefficient (Wildman–Crippen LogP) is 2.49. The van der Waals surface area contributed by atoms with Gasteiger partial charge in [-0.3, -0.25) is 4.90 Å². The molecule has 3 nitrogen and oxygen atoms in total. The smallest absolute Gasteiger partial charge is 0.129 e. The van der Waals surface area contributed by atoms with Crippen LogP contribution in [0.2, 0.25) is 0 Å². The number of aliphatic hydroxyl groups excluding tert-OH is 2. The molecule has 0 unspecified atom stereocenters. The lowest BCUT2D eigenvalue weighted by atomic mass is 10.1. The molecule has 2 aromatic rings. The van der Waals surface area contributed by atoms with Gasteiger partial charge in [0.25, 0.3) is 0 Å². The maximum atomic E-state index is 13.7. The SMILES string of the molecule is OCCN(Cc1ccccc1)C[C@H](O)c1cc(F)ccc1F. The van der Waals surface area contributed by atoms with E-state index in [0.29, 0.717) is 13.1 Å². The number of nitrogens with zero attached hydrogens (tertiary/aromatic N) is 1. The first-order valence-electron chi connectivity index (χ1n) is 7.10. The molecule has 0 fully saturated rings. The molecule has 118 valence electrons. The van der Waals surface area contributed by atoms with Crippen molar-refractivity contribution in [3.63, 3.8) is 0 Å². The molecule has 0 saturated carbocycles. The highest BCUT2D eigenvalue weighted by molar-refractivity contribution is 5.21. The van der Waals surface area contributed by atoms with Crippen LogP contribution in [0, 0.1) is 11.6 Å². The molecule has 0 spiro atoms. The molecule has 2 aromatic carbocycles. The quantitative estimate of drug-likeness (QED) is 0.826. The van der Waals surface area contributed by atoms with Crippen molar-refractivity contribution in [2.45, 2.75) is 12.6 Å². The van der Waals surface area contributed by atoms with Crippen molar-refractivity contribution in [1.82, 2.24) is 4.90 Å². The van der Waals surface area contributed by atoms with Gasteiger partial charge in [0.15, 0.2) is 0 Å².